The Labute approximate surface area is 192 Å². The molecule has 2 aromatic heterocycles. The molecule has 8 nitrogen and oxygen atoms in total. The smallest absolute Gasteiger partial charge is 0.255 e. The van der Waals surface area contributed by atoms with E-state index in [9.17, 15) is 15.0 Å². The maximum absolute atomic E-state index is 12.6. The number of halogens is 1. The van der Waals surface area contributed by atoms with E-state index in [2.05, 4.69) is 20.7 Å². The van der Waals surface area contributed by atoms with Crippen LogP contribution >= 0.6 is 25.1 Å². The second-order valence-electron chi connectivity index (χ2n) is 6.77. The van der Waals surface area contributed by atoms with Crippen molar-refractivity contribution in [3.8, 4) is 5.69 Å². The summed E-state index contributed by atoms with van der Waals surface area (Å²) in [4.78, 5) is 16.9. The number of aromatic nitrogens is 3. The van der Waals surface area contributed by atoms with Gasteiger partial charge in [-0.1, -0.05) is 30.7 Å². The van der Waals surface area contributed by atoms with Crippen LogP contribution in [0.4, 0.5) is 5.82 Å². The van der Waals surface area contributed by atoms with Gasteiger partial charge in [0.1, 0.15) is 5.82 Å². The van der Waals surface area contributed by atoms with Crippen molar-refractivity contribution in [2.24, 2.45) is 0 Å². The van der Waals surface area contributed by atoms with Crippen molar-refractivity contribution in [1.82, 2.24) is 20.1 Å². The summed E-state index contributed by atoms with van der Waals surface area (Å²) < 4.78 is 1.56. The monoisotopic (exact) mass is 463 g/mol. The summed E-state index contributed by atoms with van der Waals surface area (Å²) in [5, 5.41) is 29.8. The van der Waals surface area contributed by atoms with Crippen molar-refractivity contribution in [2.45, 2.75) is 25.4 Å². The molecule has 0 aliphatic carbocycles. The van der Waals surface area contributed by atoms with Crippen LogP contribution in [0.2, 0.25) is 5.02 Å². The maximum Gasteiger partial charge on any atom is 0.255 e. The van der Waals surface area contributed by atoms with E-state index in [4.69, 9.17) is 11.6 Å². The van der Waals surface area contributed by atoms with Crippen LogP contribution in [0.3, 0.4) is 0 Å². The van der Waals surface area contributed by atoms with E-state index in [0.29, 0.717) is 27.7 Å². The lowest BCUT2D eigenvalue weighted by molar-refractivity contribution is 0.0916. The van der Waals surface area contributed by atoms with Crippen molar-refractivity contribution >= 4 is 36.8 Å². The molecule has 31 heavy (non-hydrogen) atoms. The lowest BCUT2D eigenvalue weighted by Crippen LogP contribution is -2.30. The summed E-state index contributed by atoms with van der Waals surface area (Å²) >= 11 is 6.00. The van der Waals surface area contributed by atoms with Gasteiger partial charge in [-0.05, 0) is 30.2 Å². The van der Waals surface area contributed by atoms with Crippen molar-refractivity contribution in [3.63, 3.8) is 0 Å². The first-order valence-corrected chi connectivity index (χ1v) is 9.97. The lowest BCUT2D eigenvalue weighted by atomic mass is 10.1. The van der Waals surface area contributed by atoms with Crippen molar-refractivity contribution < 1.29 is 15.0 Å². The molecular weight excluding hydrogens is 438 g/mol. The average molecular weight is 464 g/mol. The Kier molecular flexibility index (Phi) is 9.32. The number of aliphatic hydroxyl groups excluding tert-OH is 2. The number of amides is 1. The van der Waals surface area contributed by atoms with E-state index in [-0.39, 0.29) is 38.7 Å². The van der Waals surface area contributed by atoms with E-state index in [1.165, 1.54) is 6.20 Å². The van der Waals surface area contributed by atoms with E-state index in [1.54, 1.807) is 53.5 Å². The Morgan fingerprint density at radius 2 is 2.03 bits per heavy atom. The quantitative estimate of drug-likeness (QED) is 0.388. The summed E-state index contributed by atoms with van der Waals surface area (Å²) in [6.07, 6.45) is 5.44. The molecule has 0 radical (unpaired) electrons. The highest BCUT2D eigenvalue weighted by Gasteiger charge is 2.17. The van der Waals surface area contributed by atoms with E-state index >= 15 is 0 Å². The normalized spacial score (nSPS) is 12.5. The molecule has 10 heteroatoms. The number of rotatable bonds is 9. The minimum atomic E-state index is -0.583. The van der Waals surface area contributed by atoms with Crippen LogP contribution in [-0.2, 0) is 0 Å². The predicted molar refractivity (Wildman–Crippen MR) is 125 cm³/mol. The van der Waals surface area contributed by atoms with Gasteiger partial charge in [0, 0.05) is 23.5 Å². The number of hydrogen-bond acceptors (Lipinski definition) is 6. The number of carbonyl (C=O) groups excluding carboxylic acids is 1. The number of nitrogens with zero attached hydrogens (tertiary/aromatic N) is 3. The summed E-state index contributed by atoms with van der Waals surface area (Å²) in [7, 11) is 0. The first kappa shape index (κ1) is 24.7. The Bertz CT molecular complexity index is 996. The second kappa shape index (κ2) is 11.7. The largest absolute Gasteiger partial charge is 0.394 e. The molecule has 0 saturated carbocycles. The zero-order chi connectivity index (χ0) is 21.5. The van der Waals surface area contributed by atoms with Crippen LogP contribution in [0.15, 0.2) is 55.0 Å². The first-order valence-electron chi connectivity index (χ1n) is 9.59. The predicted octanol–water partition coefficient (Wildman–Crippen LogP) is 2.68. The molecule has 1 amide bonds. The highest BCUT2D eigenvalue weighted by molar-refractivity contribution is 7.59. The highest BCUT2D eigenvalue weighted by Crippen LogP contribution is 2.19. The number of aliphatic hydroxyl groups is 2. The molecule has 3 aromatic rings. The summed E-state index contributed by atoms with van der Waals surface area (Å²) in [6, 6.07) is 9.86. The van der Waals surface area contributed by atoms with Crippen molar-refractivity contribution in [3.05, 3.63) is 71.1 Å². The molecule has 3 rings (SSSR count). The number of hydrogen-bond donors (Lipinski definition) is 4. The average Bonchev–Trinajstić information content (AvgIpc) is 3.26. The Morgan fingerprint density at radius 3 is 2.71 bits per heavy atom. The van der Waals surface area contributed by atoms with Crippen molar-refractivity contribution in [2.75, 3.05) is 18.5 Å². The van der Waals surface area contributed by atoms with E-state index in [0.717, 1.165) is 6.42 Å². The molecule has 0 aliphatic heterocycles. The second-order valence-corrected chi connectivity index (χ2v) is 7.21. The number of anilines is 1. The first-order chi connectivity index (χ1) is 14.5. The summed E-state index contributed by atoms with van der Waals surface area (Å²) in [5.74, 6) is 0.246. The number of nitrogens with one attached hydrogen (secondary N) is 2. The van der Waals surface area contributed by atoms with E-state index < -0.39 is 6.04 Å². The van der Waals surface area contributed by atoms with Gasteiger partial charge in [-0.15, -0.1) is 0 Å². The molecular formula is C21H26ClN5O3S. The highest BCUT2D eigenvalue weighted by atomic mass is 35.5. The fourth-order valence-corrected chi connectivity index (χ4v) is 3.11. The van der Waals surface area contributed by atoms with Gasteiger partial charge in [0.2, 0.25) is 0 Å². The Morgan fingerprint density at radius 1 is 1.23 bits per heavy atom. The molecule has 4 N–H and O–H groups in total. The van der Waals surface area contributed by atoms with Gasteiger partial charge in [0.05, 0.1) is 42.7 Å². The third kappa shape index (κ3) is 6.44. The minimum Gasteiger partial charge on any atom is -0.394 e. The number of carbonyl (C=O) groups is 1. The standard InChI is InChI=1S/C21H24ClN5O3.H2S/c1-2-17(12-28)25-20-9-18(6-7-23-20)27-11-15(10-24-27)21(30)26-19(13-29)14-4-3-5-16(22)8-14;/h3-11,17,19,28-29H,2,12-13H2,1H3,(H,23,25)(H,26,30);1H2/t17-,19?;/m0./s1. The summed E-state index contributed by atoms with van der Waals surface area (Å²) in [5.41, 5.74) is 1.78. The van der Waals surface area contributed by atoms with Crippen LogP contribution in [0.25, 0.3) is 5.69 Å². The van der Waals surface area contributed by atoms with Gasteiger partial charge in [0.15, 0.2) is 0 Å². The molecule has 1 unspecified atom stereocenters. The maximum atomic E-state index is 12.6. The van der Waals surface area contributed by atoms with Gasteiger partial charge in [-0.25, -0.2) is 9.67 Å². The molecule has 166 valence electrons. The van der Waals surface area contributed by atoms with Gasteiger partial charge < -0.3 is 20.8 Å². The Balaban J connectivity index is 0.00000341. The SMILES string of the molecule is CC[C@@H](CO)Nc1cc(-n2cc(C(=O)NC(CO)c3cccc(Cl)c3)cn2)ccn1.S. The van der Waals surface area contributed by atoms with Gasteiger partial charge in [-0.3, -0.25) is 4.79 Å². The zero-order valence-electron chi connectivity index (χ0n) is 17.0. The third-order valence-corrected chi connectivity index (χ3v) is 4.89. The van der Waals surface area contributed by atoms with Crippen LogP contribution in [-0.4, -0.2) is 50.1 Å². The van der Waals surface area contributed by atoms with Gasteiger partial charge in [0.25, 0.3) is 5.91 Å². The molecule has 2 atom stereocenters. The zero-order valence-corrected chi connectivity index (χ0v) is 18.8. The van der Waals surface area contributed by atoms with E-state index in [1.807, 2.05) is 6.92 Å². The molecule has 0 fully saturated rings. The minimum absolute atomic E-state index is 0. The Hall–Kier alpha value is -2.59. The molecule has 0 spiro atoms. The van der Waals surface area contributed by atoms with Gasteiger partial charge >= 0.3 is 0 Å². The molecule has 1 aromatic carbocycles. The fourth-order valence-electron chi connectivity index (χ4n) is 2.91. The third-order valence-electron chi connectivity index (χ3n) is 4.66. The molecule has 0 bridgehead atoms. The van der Waals surface area contributed by atoms with Crippen LogP contribution in [0.5, 0.6) is 0 Å². The lowest BCUT2D eigenvalue weighted by Gasteiger charge is -2.16. The van der Waals surface area contributed by atoms with Crippen molar-refractivity contribution in [1.29, 1.82) is 0 Å². The molecule has 2 heterocycles. The molecule has 0 saturated heterocycles. The van der Waals surface area contributed by atoms with Crippen LogP contribution in [0.1, 0.15) is 35.3 Å². The van der Waals surface area contributed by atoms with Gasteiger partial charge in [-0.2, -0.15) is 18.6 Å². The molecule has 0 aliphatic rings. The van der Waals surface area contributed by atoms with Crippen LogP contribution in [0, 0.1) is 0 Å². The van der Waals surface area contributed by atoms with Crippen LogP contribution < -0.4 is 10.6 Å². The number of pyridine rings is 1. The topological polar surface area (TPSA) is 112 Å². The number of benzene rings is 1. The fraction of sp³-hybridized carbons (Fsp3) is 0.286. The summed E-state index contributed by atoms with van der Waals surface area (Å²) in [6.45, 7) is 1.72.